The van der Waals surface area contributed by atoms with Crippen molar-refractivity contribution < 1.29 is 35.0 Å². The molecule has 0 bridgehead atoms. The van der Waals surface area contributed by atoms with Crippen molar-refractivity contribution in [3.05, 3.63) is 30.5 Å². The summed E-state index contributed by atoms with van der Waals surface area (Å²) in [6, 6.07) is 7.11. The molecule has 2 heterocycles. The van der Waals surface area contributed by atoms with Gasteiger partial charge in [-0.15, -0.1) is 0 Å². The second-order valence-corrected chi connectivity index (χ2v) is 7.68. The summed E-state index contributed by atoms with van der Waals surface area (Å²) in [7, 11) is 0. The highest BCUT2D eigenvalue weighted by Crippen LogP contribution is 2.49. The van der Waals surface area contributed by atoms with Crippen LogP contribution in [0.2, 0.25) is 0 Å². The maximum atomic E-state index is 10.4. The van der Waals surface area contributed by atoms with Gasteiger partial charge in [0.1, 0.15) is 18.5 Å². The number of alkyl halides is 2. The van der Waals surface area contributed by atoms with Crippen LogP contribution in [-0.4, -0.2) is 71.3 Å². The number of aromatic amines is 1. The van der Waals surface area contributed by atoms with Gasteiger partial charge in [-0.2, -0.15) is 0 Å². The molecule has 138 valence electrons. The van der Waals surface area contributed by atoms with Gasteiger partial charge in [0.2, 0.25) is 5.06 Å². The Morgan fingerprint density at radius 2 is 1.88 bits per heavy atom. The molecule has 1 saturated heterocycles. The predicted molar refractivity (Wildman–Crippen MR) is 91.4 cm³/mol. The van der Waals surface area contributed by atoms with E-state index in [0.717, 1.165) is 5.52 Å². The van der Waals surface area contributed by atoms with Crippen LogP contribution < -0.4 is 4.74 Å². The number of benzene rings is 1. The maximum Gasteiger partial charge on any atom is 0.264 e. The van der Waals surface area contributed by atoms with Crippen LogP contribution in [0.3, 0.4) is 0 Å². The van der Waals surface area contributed by atoms with Gasteiger partial charge in [0.05, 0.1) is 6.61 Å². The molecule has 0 aliphatic carbocycles. The fourth-order valence-corrected chi connectivity index (χ4v) is 3.50. The Hall–Kier alpha value is -0.910. The van der Waals surface area contributed by atoms with E-state index >= 15 is 0 Å². The molecule has 5 atom stereocenters. The van der Waals surface area contributed by atoms with E-state index in [4.69, 9.17) is 21.1 Å². The van der Waals surface area contributed by atoms with Crippen molar-refractivity contribution in [1.82, 2.24) is 4.98 Å². The standard InChI is InChI=1S/C15H17BrClNO7/c16-14(7-20)15(17,23)12(22)11(21)13(6-19,25-14)24-10-5-18-9-4-2-1-3-8(9)10/h1-5,11-12,18-23H,6-7H2/t11-,12-,13-,14-,15-/m1/s1. The number of halogens is 2. The highest BCUT2D eigenvalue weighted by molar-refractivity contribution is 9.10. The first-order valence-corrected chi connectivity index (χ1v) is 8.51. The van der Waals surface area contributed by atoms with Crippen molar-refractivity contribution in [2.75, 3.05) is 13.2 Å². The molecular formula is C15H17BrClNO7. The quantitative estimate of drug-likeness (QED) is 0.370. The van der Waals surface area contributed by atoms with E-state index in [0.29, 0.717) is 5.39 Å². The van der Waals surface area contributed by atoms with Crippen LogP contribution in [0.1, 0.15) is 0 Å². The number of hydrogen-bond acceptors (Lipinski definition) is 7. The van der Waals surface area contributed by atoms with Gasteiger partial charge in [0.15, 0.2) is 10.6 Å². The Kier molecular flexibility index (Phi) is 4.80. The summed E-state index contributed by atoms with van der Waals surface area (Å²) >= 11 is 8.79. The van der Waals surface area contributed by atoms with Crippen LogP contribution >= 0.6 is 27.5 Å². The summed E-state index contributed by atoms with van der Waals surface area (Å²) < 4.78 is 9.06. The number of aliphatic hydroxyl groups excluding tert-OH is 4. The van der Waals surface area contributed by atoms with Crippen molar-refractivity contribution in [3.8, 4) is 5.75 Å². The van der Waals surface area contributed by atoms with Crippen molar-refractivity contribution in [3.63, 3.8) is 0 Å². The molecule has 1 aliphatic rings. The summed E-state index contributed by atoms with van der Waals surface area (Å²) in [4.78, 5) is 2.95. The number of aromatic nitrogens is 1. The topological polar surface area (TPSA) is 135 Å². The molecule has 0 radical (unpaired) electrons. The van der Waals surface area contributed by atoms with Gasteiger partial charge in [-0.1, -0.05) is 23.7 Å². The number of hydrogen-bond donors (Lipinski definition) is 6. The van der Waals surface area contributed by atoms with E-state index in [-0.39, 0.29) is 5.75 Å². The molecule has 6 N–H and O–H groups in total. The van der Waals surface area contributed by atoms with E-state index < -0.39 is 40.8 Å². The zero-order valence-electron chi connectivity index (χ0n) is 12.8. The van der Waals surface area contributed by atoms with Crippen molar-refractivity contribution in [2.24, 2.45) is 0 Å². The second kappa shape index (κ2) is 6.36. The first-order valence-electron chi connectivity index (χ1n) is 7.34. The molecule has 2 aromatic rings. The largest absolute Gasteiger partial charge is 0.455 e. The molecule has 0 spiro atoms. The van der Waals surface area contributed by atoms with Crippen LogP contribution in [0.5, 0.6) is 5.75 Å². The van der Waals surface area contributed by atoms with Gasteiger partial charge < -0.3 is 40.0 Å². The normalized spacial score (nSPS) is 38.8. The van der Waals surface area contributed by atoms with Crippen LogP contribution in [0.4, 0.5) is 0 Å². The minimum absolute atomic E-state index is 0.226. The Morgan fingerprint density at radius 3 is 2.52 bits per heavy atom. The van der Waals surface area contributed by atoms with E-state index in [1.54, 1.807) is 18.2 Å². The lowest BCUT2D eigenvalue weighted by atomic mass is 9.92. The Bertz CT molecular complexity index is 771. The van der Waals surface area contributed by atoms with E-state index in [1.807, 2.05) is 6.07 Å². The zero-order valence-corrected chi connectivity index (χ0v) is 15.1. The van der Waals surface area contributed by atoms with Gasteiger partial charge >= 0.3 is 0 Å². The summed E-state index contributed by atoms with van der Waals surface area (Å²) in [6.45, 7) is -1.78. The lowest BCUT2D eigenvalue weighted by Gasteiger charge is -2.53. The third-order valence-electron chi connectivity index (χ3n) is 4.26. The van der Waals surface area contributed by atoms with E-state index in [2.05, 4.69) is 20.9 Å². The fourth-order valence-electron chi connectivity index (χ4n) is 2.77. The molecule has 0 saturated carbocycles. The van der Waals surface area contributed by atoms with Crippen molar-refractivity contribution in [2.45, 2.75) is 27.6 Å². The monoisotopic (exact) mass is 437 g/mol. The van der Waals surface area contributed by atoms with Crippen LogP contribution in [-0.2, 0) is 4.74 Å². The fraction of sp³-hybridized carbons (Fsp3) is 0.467. The smallest absolute Gasteiger partial charge is 0.264 e. The molecule has 3 rings (SSSR count). The van der Waals surface area contributed by atoms with Crippen molar-refractivity contribution in [1.29, 1.82) is 0 Å². The minimum Gasteiger partial charge on any atom is -0.455 e. The highest BCUT2D eigenvalue weighted by atomic mass is 79.9. The van der Waals surface area contributed by atoms with Gasteiger partial charge in [-0.05, 0) is 28.1 Å². The molecule has 1 aromatic carbocycles. The Labute approximate surface area is 155 Å². The molecule has 1 aromatic heterocycles. The second-order valence-electron chi connectivity index (χ2n) is 5.82. The minimum atomic E-state index is -2.58. The number of rotatable bonds is 4. The number of H-pyrrole nitrogens is 1. The average Bonchev–Trinajstić information content (AvgIpc) is 3.01. The molecule has 1 fully saturated rings. The lowest BCUT2D eigenvalue weighted by molar-refractivity contribution is -0.363. The molecule has 0 amide bonds. The van der Waals surface area contributed by atoms with Gasteiger partial charge in [0, 0.05) is 17.1 Å². The maximum absolute atomic E-state index is 10.4. The number of nitrogens with one attached hydrogen (secondary N) is 1. The highest BCUT2D eigenvalue weighted by Gasteiger charge is 2.68. The first-order chi connectivity index (χ1) is 11.7. The van der Waals surface area contributed by atoms with E-state index in [1.165, 1.54) is 6.20 Å². The summed E-state index contributed by atoms with van der Waals surface area (Å²) in [5.74, 6) is -1.97. The number of aliphatic hydroxyl groups is 5. The predicted octanol–water partition coefficient (Wildman–Crippen LogP) is -0.00180. The van der Waals surface area contributed by atoms with Gasteiger partial charge in [-0.25, -0.2) is 0 Å². The Balaban J connectivity index is 2.04. The van der Waals surface area contributed by atoms with Crippen molar-refractivity contribution >= 4 is 38.4 Å². The number of fused-ring (bicyclic) bond motifs is 1. The molecule has 25 heavy (non-hydrogen) atoms. The summed E-state index contributed by atoms with van der Waals surface area (Å²) in [6.07, 6.45) is -2.45. The SMILES string of the molecule is OC[C@@]1(Oc2c[nH]c3ccccc23)O[C@](Br)(CO)[C@@](O)(Cl)[C@H](O)[C@H]1O. The van der Waals surface area contributed by atoms with Gasteiger partial charge in [0.25, 0.3) is 5.79 Å². The van der Waals surface area contributed by atoms with Crippen LogP contribution in [0.25, 0.3) is 10.9 Å². The summed E-state index contributed by atoms with van der Waals surface area (Å²) in [5, 5.41) is 48.3. The Morgan fingerprint density at radius 1 is 1.20 bits per heavy atom. The third-order valence-corrected chi connectivity index (χ3v) is 6.03. The van der Waals surface area contributed by atoms with Crippen LogP contribution in [0, 0.1) is 0 Å². The molecule has 10 heteroatoms. The third kappa shape index (κ3) is 2.75. The average molecular weight is 439 g/mol. The van der Waals surface area contributed by atoms with E-state index in [9.17, 15) is 25.5 Å². The number of ether oxygens (including phenoxy) is 2. The summed E-state index contributed by atoms with van der Waals surface area (Å²) in [5.41, 5.74) is 0.734. The van der Waals surface area contributed by atoms with Crippen LogP contribution in [0.15, 0.2) is 30.5 Å². The lowest BCUT2D eigenvalue weighted by Crippen LogP contribution is -2.75. The molecule has 8 nitrogen and oxygen atoms in total. The zero-order chi connectivity index (χ0) is 18.5. The molecule has 1 aliphatic heterocycles. The number of para-hydroxylation sites is 1. The molecular weight excluding hydrogens is 422 g/mol. The first kappa shape index (κ1) is 18.9. The van der Waals surface area contributed by atoms with Gasteiger partial charge in [-0.3, -0.25) is 0 Å². The molecule has 0 unspecified atom stereocenters.